The van der Waals surface area contributed by atoms with Gasteiger partial charge in [-0.25, -0.2) is 18.4 Å². The highest BCUT2D eigenvalue weighted by molar-refractivity contribution is 7.92. The fourth-order valence-corrected chi connectivity index (χ4v) is 6.26. The second-order valence-corrected chi connectivity index (χ2v) is 10.8. The molecule has 3 aromatic rings. The maximum Gasteiger partial charge on any atom is 0.227 e. The van der Waals surface area contributed by atoms with Crippen molar-refractivity contribution in [1.29, 1.82) is 0 Å². The quantitative estimate of drug-likeness (QED) is 0.556. The molecule has 5 rings (SSSR count). The summed E-state index contributed by atoms with van der Waals surface area (Å²) in [5, 5.41) is 5.99. The number of nitrogens with one attached hydrogen (secondary N) is 2. The van der Waals surface area contributed by atoms with Crippen LogP contribution >= 0.6 is 0 Å². The third-order valence-corrected chi connectivity index (χ3v) is 8.68. The van der Waals surface area contributed by atoms with Crippen molar-refractivity contribution in [1.82, 2.24) is 15.3 Å². The van der Waals surface area contributed by atoms with Gasteiger partial charge in [0.05, 0.1) is 10.1 Å². The van der Waals surface area contributed by atoms with E-state index in [2.05, 4.69) is 20.6 Å². The molecule has 0 unspecified atom stereocenters. The lowest BCUT2D eigenvalue weighted by Crippen LogP contribution is -2.35. The van der Waals surface area contributed by atoms with Gasteiger partial charge in [-0.3, -0.25) is 4.79 Å². The summed E-state index contributed by atoms with van der Waals surface area (Å²) >= 11 is 0. The van der Waals surface area contributed by atoms with Crippen LogP contribution in [0, 0.1) is 0 Å². The van der Waals surface area contributed by atoms with Crippen molar-refractivity contribution in [2.75, 3.05) is 18.4 Å². The van der Waals surface area contributed by atoms with Gasteiger partial charge < -0.3 is 10.6 Å². The van der Waals surface area contributed by atoms with E-state index in [1.54, 1.807) is 36.7 Å². The van der Waals surface area contributed by atoms with Crippen LogP contribution in [-0.2, 0) is 16.3 Å². The number of Topliss-reactive ketones (excluding diaryl/α,β-unsaturated/α-hetero) is 1. The van der Waals surface area contributed by atoms with E-state index in [9.17, 15) is 13.2 Å². The van der Waals surface area contributed by atoms with Crippen LogP contribution < -0.4 is 10.6 Å². The van der Waals surface area contributed by atoms with Crippen LogP contribution in [0.25, 0.3) is 12.2 Å². The highest BCUT2D eigenvalue weighted by Crippen LogP contribution is 2.27. The van der Waals surface area contributed by atoms with Gasteiger partial charge in [0.15, 0.2) is 15.6 Å². The van der Waals surface area contributed by atoms with Gasteiger partial charge in [0.25, 0.3) is 0 Å². The maximum absolute atomic E-state index is 12.8. The predicted molar refractivity (Wildman–Crippen MR) is 133 cm³/mol. The van der Waals surface area contributed by atoms with Crippen molar-refractivity contribution < 1.29 is 13.2 Å². The molecule has 0 amide bonds. The van der Waals surface area contributed by atoms with Crippen molar-refractivity contribution in [2.45, 2.75) is 35.8 Å². The Morgan fingerprint density at radius 3 is 2.41 bits per heavy atom. The Morgan fingerprint density at radius 1 is 0.941 bits per heavy atom. The number of hydrogen-bond acceptors (Lipinski definition) is 7. The van der Waals surface area contributed by atoms with Crippen molar-refractivity contribution in [3.63, 3.8) is 0 Å². The highest BCUT2D eigenvalue weighted by Gasteiger charge is 2.28. The second kappa shape index (κ2) is 9.48. The molecule has 2 heterocycles. The average molecular weight is 475 g/mol. The van der Waals surface area contributed by atoms with Crippen molar-refractivity contribution in [3.05, 3.63) is 77.1 Å². The molecule has 1 saturated heterocycles. The minimum absolute atomic E-state index is 0.209. The molecule has 2 aromatic carbocycles. The smallest absolute Gasteiger partial charge is 0.227 e. The van der Waals surface area contributed by atoms with Gasteiger partial charge in [-0.2, -0.15) is 0 Å². The van der Waals surface area contributed by atoms with E-state index < -0.39 is 9.84 Å². The van der Waals surface area contributed by atoms with Gasteiger partial charge >= 0.3 is 0 Å². The van der Waals surface area contributed by atoms with E-state index in [0.717, 1.165) is 47.5 Å². The van der Waals surface area contributed by atoms with Crippen LogP contribution in [0.1, 0.15) is 46.3 Å². The molecule has 8 heteroatoms. The molecule has 0 spiro atoms. The Hall–Kier alpha value is -3.36. The number of carbonyl (C=O) groups is 1. The summed E-state index contributed by atoms with van der Waals surface area (Å²) in [5.74, 6) is 0.637. The summed E-state index contributed by atoms with van der Waals surface area (Å²) in [5.41, 5.74) is 4.54. The molecule has 1 aliphatic carbocycles. The first-order valence-electron chi connectivity index (χ1n) is 11.5. The van der Waals surface area contributed by atoms with Crippen molar-refractivity contribution >= 4 is 39.4 Å². The lowest BCUT2D eigenvalue weighted by atomic mass is 10.0. The van der Waals surface area contributed by atoms with Crippen LogP contribution in [0.3, 0.4) is 0 Å². The molecule has 1 fully saturated rings. The summed E-state index contributed by atoms with van der Waals surface area (Å²) in [6, 6.07) is 12.6. The zero-order valence-corrected chi connectivity index (χ0v) is 19.5. The van der Waals surface area contributed by atoms with Gasteiger partial charge in [-0.15, -0.1) is 0 Å². The van der Waals surface area contributed by atoms with Crippen LogP contribution in [-0.4, -0.2) is 42.5 Å². The number of benzene rings is 2. The normalized spacial score (nSPS) is 16.6. The van der Waals surface area contributed by atoms with Gasteiger partial charge in [0.1, 0.15) is 0 Å². The molecular weight excluding hydrogens is 448 g/mol. The van der Waals surface area contributed by atoms with Crippen LogP contribution in [0.15, 0.2) is 59.8 Å². The third kappa shape index (κ3) is 4.64. The van der Waals surface area contributed by atoms with Crippen molar-refractivity contribution in [2.24, 2.45) is 0 Å². The fourth-order valence-electron chi connectivity index (χ4n) is 4.50. The Bertz CT molecular complexity index is 1330. The number of ketones is 1. The fraction of sp³-hybridized carbons (Fsp3) is 0.269. The van der Waals surface area contributed by atoms with E-state index in [1.165, 1.54) is 0 Å². The first-order chi connectivity index (χ1) is 16.5. The molecule has 2 aliphatic rings. The zero-order chi connectivity index (χ0) is 23.5. The van der Waals surface area contributed by atoms with Gasteiger partial charge in [0, 0.05) is 35.6 Å². The number of aromatic nitrogens is 2. The molecule has 0 radical (unpaired) electrons. The Balaban J connectivity index is 1.24. The Labute approximate surface area is 199 Å². The summed E-state index contributed by atoms with van der Waals surface area (Å²) in [4.78, 5) is 21.0. The first-order valence-corrected chi connectivity index (χ1v) is 13.0. The topological polar surface area (TPSA) is 101 Å². The number of anilines is 2. The number of piperidine rings is 1. The van der Waals surface area contributed by atoms with E-state index in [1.807, 2.05) is 30.4 Å². The monoisotopic (exact) mass is 474 g/mol. The largest absolute Gasteiger partial charge is 0.324 e. The minimum atomic E-state index is -3.32. The Kier molecular flexibility index (Phi) is 6.26. The van der Waals surface area contributed by atoms with E-state index in [4.69, 9.17) is 0 Å². The maximum atomic E-state index is 12.8. The van der Waals surface area contributed by atoms with Crippen LogP contribution in [0.4, 0.5) is 11.6 Å². The first kappa shape index (κ1) is 22.4. The minimum Gasteiger partial charge on any atom is -0.324 e. The molecule has 1 aliphatic heterocycles. The molecule has 1 aromatic heterocycles. The molecule has 34 heavy (non-hydrogen) atoms. The second-order valence-electron chi connectivity index (χ2n) is 8.61. The molecule has 174 valence electrons. The third-order valence-electron chi connectivity index (χ3n) is 6.41. The van der Waals surface area contributed by atoms with E-state index in [0.29, 0.717) is 30.1 Å². The number of nitrogens with zero attached hydrogens (tertiary/aromatic N) is 2. The molecule has 0 bridgehead atoms. The highest BCUT2D eigenvalue weighted by atomic mass is 32.2. The predicted octanol–water partition coefficient (Wildman–Crippen LogP) is 4.05. The molecule has 2 N–H and O–H groups in total. The van der Waals surface area contributed by atoms with Gasteiger partial charge in [0.2, 0.25) is 5.95 Å². The average Bonchev–Trinajstić information content (AvgIpc) is 3.26. The number of rotatable bonds is 6. The van der Waals surface area contributed by atoms with Crippen LogP contribution in [0.5, 0.6) is 0 Å². The number of sulfone groups is 1. The SMILES string of the molecule is O=C1CCc2c(C=Cc3cnc(Nc4ccc(S(=O)(=O)C5CCNCC5)cc4)nc3)cccc21. The number of hydrogen-bond donors (Lipinski definition) is 2. The summed E-state index contributed by atoms with van der Waals surface area (Å²) < 4.78 is 25.7. The van der Waals surface area contributed by atoms with Gasteiger partial charge in [-0.05, 0) is 67.7 Å². The number of carbonyl (C=O) groups excluding carboxylic acids is 1. The standard InChI is InChI=1S/C26H26N4O3S/c31-25-11-10-23-19(2-1-3-24(23)25)5-4-18-16-28-26(29-17-18)30-20-6-8-21(9-7-20)34(32,33)22-12-14-27-15-13-22/h1-9,16-17,22,27H,10-15H2,(H,28,29,30). The molecule has 0 atom stereocenters. The lowest BCUT2D eigenvalue weighted by molar-refractivity contribution is 0.0994. The van der Waals surface area contributed by atoms with Crippen LogP contribution in [0.2, 0.25) is 0 Å². The summed E-state index contributed by atoms with van der Waals surface area (Å²) in [7, 11) is -3.32. The van der Waals surface area contributed by atoms with Gasteiger partial charge in [-0.1, -0.05) is 30.4 Å². The molecule has 0 saturated carbocycles. The van der Waals surface area contributed by atoms with Crippen molar-refractivity contribution in [3.8, 4) is 0 Å². The van der Waals surface area contributed by atoms with E-state index in [-0.39, 0.29) is 11.0 Å². The zero-order valence-electron chi connectivity index (χ0n) is 18.7. The Morgan fingerprint density at radius 2 is 1.68 bits per heavy atom. The lowest BCUT2D eigenvalue weighted by Gasteiger charge is -2.22. The molecular formula is C26H26N4O3S. The summed E-state index contributed by atoms with van der Waals surface area (Å²) in [6.45, 7) is 1.47. The summed E-state index contributed by atoms with van der Waals surface area (Å²) in [6.07, 6.45) is 10.0. The molecule has 7 nitrogen and oxygen atoms in total. The number of fused-ring (bicyclic) bond motifs is 1. The van der Waals surface area contributed by atoms with E-state index >= 15 is 0 Å².